The average molecular weight is 299 g/mol. The third-order valence-electron chi connectivity index (χ3n) is 3.33. The highest BCUT2D eigenvalue weighted by Gasteiger charge is 2.28. The maximum absolute atomic E-state index is 11.4. The molecule has 0 radical (unpaired) electrons. The fourth-order valence-corrected chi connectivity index (χ4v) is 3.05. The number of rotatable bonds is 3. The van der Waals surface area contributed by atoms with Gasteiger partial charge in [0, 0.05) is 24.0 Å². The van der Waals surface area contributed by atoms with Crippen molar-refractivity contribution in [2.24, 2.45) is 5.14 Å². The van der Waals surface area contributed by atoms with Gasteiger partial charge in [-0.3, -0.25) is 0 Å². The van der Waals surface area contributed by atoms with Gasteiger partial charge in [0.15, 0.2) is 0 Å². The van der Waals surface area contributed by atoms with E-state index < -0.39 is 10.0 Å². The number of hydrogen-bond acceptors (Lipinski definition) is 5. The van der Waals surface area contributed by atoms with E-state index in [9.17, 15) is 8.42 Å². The molecule has 0 aliphatic carbocycles. The molecule has 1 aliphatic rings. The predicted octanol–water partition coefficient (Wildman–Crippen LogP) is 1.29. The van der Waals surface area contributed by atoms with Crippen LogP contribution in [-0.2, 0) is 14.8 Å². The third kappa shape index (κ3) is 3.84. The van der Waals surface area contributed by atoms with E-state index in [0.29, 0.717) is 18.0 Å². The zero-order valence-corrected chi connectivity index (χ0v) is 12.5. The maximum Gasteiger partial charge on any atom is 0.238 e. The van der Waals surface area contributed by atoms with Crippen molar-refractivity contribution in [1.29, 1.82) is 0 Å². The van der Waals surface area contributed by atoms with Gasteiger partial charge in [0.25, 0.3) is 0 Å². The van der Waals surface area contributed by atoms with Crippen LogP contribution >= 0.6 is 0 Å². The molecule has 1 heterocycles. The van der Waals surface area contributed by atoms with Crippen LogP contribution in [0.15, 0.2) is 23.1 Å². The Morgan fingerprint density at radius 1 is 1.35 bits per heavy atom. The van der Waals surface area contributed by atoms with Gasteiger partial charge in [0.2, 0.25) is 10.0 Å². The number of nitrogen functional groups attached to an aromatic ring is 1. The lowest BCUT2D eigenvalue weighted by molar-refractivity contribution is -0.0553. The molecule has 2 rings (SSSR count). The Morgan fingerprint density at radius 2 is 2.05 bits per heavy atom. The second-order valence-corrected chi connectivity index (χ2v) is 7.34. The molecule has 7 heteroatoms. The average Bonchev–Trinajstić information content (AvgIpc) is 2.25. The molecule has 0 saturated carbocycles. The fraction of sp³-hybridized carbons (Fsp3) is 0.538. The summed E-state index contributed by atoms with van der Waals surface area (Å²) in [6, 6.07) is 4.79. The Balaban J connectivity index is 2.19. The number of primary sulfonamides is 1. The lowest BCUT2D eigenvalue weighted by Gasteiger charge is -2.36. The van der Waals surface area contributed by atoms with Crippen LogP contribution < -0.4 is 16.2 Å². The second-order valence-electron chi connectivity index (χ2n) is 5.78. The molecule has 20 heavy (non-hydrogen) atoms. The molecular formula is C13H21N3O3S. The zero-order chi connectivity index (χ0) is 15.0. The summed E-state index contributed by atoms with van der Waals surface area (Å²) in [5, 5.41) is 8.45. The van der Waals surface area contributed by atoms with Gasteiger partial charge in [0.1, 0.15) is 0 Å². The highest BCUT2D eigenvalue weighted by Crippen LogP contribution is 2.28. The van der Waals surface area contributed by atoms with E-state index in [1.165, 1.54) is 12.1 Å². The number of hydrogen-bond donors (Lipinski definition) is 3. The standard InChI is InChI=1S/C13H21N3O3S/c1-13(2)8-10(3-4-19-13)16-11-5-9(14)6-12(7-11)20(15,17)18/h5-7,10,16H,3-4,8,14H2,1-2H3,(H2,15,17,18). The number of nitrogens with one attached hydrogen (secondary N) is 1. The molecular weight excluding hydrogens is 278 g/mol. The summed E-state index contributed by atoms with van der Waals surface area (Å²) < 4.78 is 28.5. The molecule has 1 unspecified atom stereocenters. The van der Waals surface area contributed by atoms with Crippen LogP contribution in [-0.4, -0.2) is 26.7 Å². The summed E-state index contributed by atoms with van der Waals surface area (Å²) in [4.78, 5) is 0.0197. The van der Waals surface area contributed by atoms with Crippen LogP contribution in [0, 0.1) is 0 Å². The fourth-order valence-electron chi connectivity index (χ4n) is 2.46. The summed E-state index contributed by atoms with van der Waals surface area (Å²) in [6.45, 7) is 4.75. The monoisotopic (exact) mass is 299 g/mol. The van der Waals surface area contributed by atoms with E-state index in [-0.39, 0.29) is 16.5 Å². The first-order valence-corrected chi connectivity index (χ1v) is 8.04. The van der Waals surface area contributed by atoms with Crippen LogP contribution in [0.3, 0.4) is 0 Å². The molecule has 1 aromatic rings. The van der Waals surface area contributed by atoms with E-state index in [4.69, 9.17) is 15.6 Å². The molecule has 1 atom stereocenters. The van der Waals surface area contributed by atoms with Crippen molar-refractivity contribution >= 4 is 21.4 Å². The first-order chi connectivity index (χ1) is 9.16. The largest absolute Gasteiger partial charge is 0.399 e. The van der Waals surface area contributed by atoms with E-state index >= 15 is 0 Å². The van der Waals surface area contributed by atoms with Gasteiger partial charge < -0.3 is 15.8 Å². The molecule has 0 aromatic heterocycles. The summed E-state index contributed by atoms with van der Waals surface area (Å²) in [7, 11) is -3.76. The normalized spacial score (nSPS) is 22.4. The highest BCUT2D eigenvalue weighted by atomic mass is 32.2. The highest BCUT2D eigenvalue weighted by molar-refractivity contribution is 7.89. The third-order valence-corrected chi connectivity index (χ3v) is 4.22. The predicted molar refractivity (Wildman–Crippen MR) is 78.9 cm³/mol. The van der Waals surface area contributed by atoms with Crippen molar-refractivity contribution in [3.05, 3.63) is 18.2 Å². The second kappa shape index (κ2) is 5.23. The smallest absolute Gasteiger partial charge is 0.238 e. The Morgan fingerprint density at radius 3 is 2.65 bits per heavy atom. The molecule has 0 bridgehead atoms. The Kier molecular flexibility index (Phi) is 3.95. The van der Waals surface area contributed by atoms with Crippen LogP contribution in [0.4, 0.5) is 11.4 Å². The lowest BCUT2D eigenvalue weighted by atomic mass is 9.94. The number of ether oxygens (including phenoxy) is 1. The Bertz CT molecular complexity index is 599. The molecule has 112 valence electrons. The molecule has 0 amide bonds. The topological polar surface area (TPSA) is 107 Å². The first kappa shape index (κ1) is 15.1. The molecule has 1 aromatic carbocycles. The van der Waals surface area contributed by atoms with Crippen molar-refractivity contribution in [2.45, 2.75) is 43.2 Å². The SMILES string of the molecule is CC1(C)CC(Nc2cc(N)cc(S(N)(=O)=O)c2)CCO1. The van der Waals surface area contributed by atoms with Gasteiger partial charge >= 0.3 is 0 Å². The Hall–Kier alpha value is -1.31. The first-order valence-electron chi connectivity index (χ1n) is 6.50. The molecule has 1 fully saturated rings. The zero-order valence-electron chi connectivity index (χ0n) is 11.7. The summed E-state index contributed by atoms with van der Waals surface area (Å²) in [5.41, 5.74) is 6.58. The van der Waals surface area contributed by atoms with E-state index in [1.807, 2.05) is 13.8 Å². The number of benzene rings is 1. The van der Waals surface area contributed by atoms with Gasteiger partial charge in [-0.05, 0) is 44.9 Å². The van der Waals surface area contributed by atoms with Crippen molar-refractivity contribution in [2.75, 3.05) is 17.7 Å². The lowest BCUT2D eigenvalue weighted by Crippen LogP contribution is -2.40. The van der Waals surface area contributed by atoms with Crippen LogP contribution in [0.5, 0.6) is 0 Å². The van der Waals surface area contributed by atoms with Gasteiger partial charge in [-0.2, -0.15) is 0 Å². The minimum Gasteiger partial charge on any atom is -0.399 e. The van der Waals surface area contributed by atoms with Crippen molar-refractivity contribution in [3.8, 4) is 0 Å². The van der Waals surface area contributed by atoms with Crippen molar-refractivity contribution < 1.29 is 13.2 Å². The van der Waals surface area contributed by atoms with Gasteiger partial charge in [0.05, 0.1) is 10.5 Å². The summed E-state index contributed by atoms with van der Waals surface area (Å²) >= 11 is 0. The molecule has 6 nitrogen and oxygen atoms in total. The number of anilines is 2. The van der Waals surface area contributed by atoms with E-state index in [1.54, 1.807) is 6.07 Å². The molecule has 1 saturated heterocycles. The quantitative estimate of drug-likeness (QED) is 0.729. The summed E-state index contributed by atoms with van der Waals surface area (Å²) in [6.07, 6.45) is 1.70. The number of sulfonamides is 1. The van der Waals surface area contributed by atoms with Crippen LogP contribution in [0.2, 0.25) is 0 Å². The minimum atomic E-state index is -3.76. The number of nitrogens with two attached hydrogens (primary N) is 2. The molecule has 5 N–H and O–H groups in total. The summed E-state index contributed by atoms with van der Waals surface area (Å²) in [5.74, 6) is 0. The maximum atomic E-state index is 11.4. The van der Waals surface area contributed by atoms with Gasteiger partial charge in [-0.25, -0.2) is 13.6 Å². The minimum absolute atomic E-state index is 0.0197. The van der Waals surface area contributed by atoms with Crippen LogP contribution in [0.1, 0.15) is 26.7 Å². The van der Waals surface area contributed by atoms with Gasteiger partial charge in [-0.1, -0.05) is 0 Å². The van der Waals surface area contributed by atoms with E-state index in [2.05, 4.69) is 5.32 Å². The van der Waals surface area contributed by atoms with E-state index in [0.717, 1.165) is 12.8 Å². The molecule has 0 spiro atoms. The van der Waals surface area contributed by atoms with Gasteiger partial charge in [-0.15, -0.1) is 0 Å². The van der Waals surface area contributed by atoms with Crippen molar-refractivity contribution in [1.82, 2.24) is 0 Å². The van der Waals surface area contributed by atoms with Crippen LogP contribution in [0.25, 0.3) is 0 Å². The Labute approximate surface area is 119 Å². The van der Waals surface area contributed by atoms with Crippen molar-refractivity contribution in [3.63, 3.8) is 0 Å². The molecule has 1 aliphatic heterocycles.